The van der Waals surface area contributed by atoms with E-state index in [-0.39, 0.29) is 6.54 Å². The first-order chi connectivity index (χ1) is 8.00. The Morgan fingerprint density at radius 2 is 1.83 bits per heavy atom. The van der Waals surface area contributed by atoms with Crippen molar-refractivity contribution in [1.29, 1.82) is 0 Å². The second-order valence-electron chi connectivity index (χ2n) is 3.68. The highest BCUT2D eigenvalue weighted by Gasteiger charge is 2.47. The minimum Gasteiger partial charge on any atom is -0.366 e. The van der Waals surface area contributed by atoms with Gasteiger partial charge in [-0.3, -0.25) is 0 Å². The van der Waals surface area contributed by atoms with Gasteiger partial charge in [0.05, 0.1) is 18.7 Å². The monoisotopic (exact) mass is 281 g/mol. The quantitative estimate of drug-likeness (QED) is 0.737. The molecule has 1 fully saturated rings. The zero-order valence-corrected chi connectivity index (χ0v) is 9.01. The van der Waals surface area contributed by atoms with Crippen molar-refractivity contribution in [2.24, 2.45) is 0 Å². The molecule has 0 spiro atoms. The van der Waals surface area contributed by atoms with Gasteiger partial charge >= 0.3 is 18.3 Å². The lowest BCUT2D eigenvalue weighted by atomic mass is 10.1. The molecular weight excluding hydrogens is 272 g/mol. The van der Waals surface area contributed by atoms with Crippen LogP contribution in [0.25, 0.3) is 0 Å². The van der Waals surface area contributed by atoms with Crippen LogP contribution in [0.1, 0.15) is 6.92 Å². The third-order valence-electron chi connectivity index (χ3n) is 2.24. The summed E-state index contributed by atoms with van der Waals surface area (Å²) < 4.78 is 75.2. The van der Waals surface area contributed by atoms with Gasteiger partial charge in [0.2, 0.25) is 0 Å². The lowest BCUT2D eigenvalue weighted by molar-refractivity contribution is -0.297. The van der Waals surface area contributed by atoms with E-state index in [9.17, 15) is 31.1 Å². The average Bonchev–Trinajstić information content (AvgIpc) is 2.18. The second-order valence-corrected chi connectivity index (χ2v) is 3.68. The fourth-order valence-electron chi connectivity index (χ4n) is 1.22. The Kier molecular flexibility index (Phi) is 4.11. The van der Waals surface area contributed by atoms with Gasteiger partial charge < -0.3 is 9.57 Å². The van der Waals surface area contributed by atoms with E-state index < -0.39 is 37.1 Å². The Labute approximate surface area is 97.4 Å². The SMILES string of the molecule is C[C@H]1[C@H](OCC(F)(F)F)CN1OC(=O)C(F)(F)F. The summed E-state index contributed by atoms with van der Waals surface area (Å²) in [5.41, 5.74) is 0. The van der Waals surface area contributed by atoms with Crippen LogP contribution in [-0.4, -0.2) is 48.7 Å². The first-order valence-electron chi connectivity index (χ1n) is 4.75. The smallest absolute Gasteiger partial charge is 0.366 e. The van der Waals surface area contributed by atoms with Crippen molar-refractivity contribution < 1.29 is 40.7 Å². The molecule has 1 saturated heterocycles. The van der Waals surface area contributed by atoms with Crippen LogP contribution in [-0.2, 0) is 14.4 Å². The van der Waals surface area contributed by atoms with Gasteiger partial charge in [-0.25, -0.2) is 4.79 Å². The van der Waals surface area contributed by atoms with E-state index >= 15 is 0 Å². The van der Waals surface area contributed by atoms with Crippen molar-refractivity contribution >= 4 is 5.97 Å². The highest BCUT2D eigenvalue weighted by Crippen LogP contribution is 2.26. The summed E-state index contributed by atoms with van der Waals surface area (Å²) in [6.07, 6.45) is -10.6. The molecule has 0 bridgehead atoms. The topological polar surface area (TPSA) is 38.8 Å². The Bertz CT molecular complexity index is 315. The van der Waals surface area contributed by atoms with Crippen LogP contribution in [0.15, 0.2) is 0 Å². The molecule has 0 amide bonds. The summed E-state index contributed by atoms with van der Waals surface area (Å²) in [6.45, 7) is -0.545. The molecule has 106 valence electrons. The van der Waals surface area contributed by atoms with E-state index in [1.807, 2.05) is 0 Å². The van der Waals surface area contributed by atoms with Gasteiger partial charge in [0, 0.05) is 0 Å². The van der Waals surface area contributed by atoms with Crippen LogP contribution in [0.3, 0.4) is 0 Å². The molecule has 0 aromatic rings. The summed E-state index contributed by atoms with van der Waals surface area (Å²) in [4.78, 5) is 14.4. The number of nitrogens with zero attached hydrogens (tertiary/aromatic N) is 1. The first-order valence-corrected chi connectivity index (χ1v) is 4.75. The Hall–Kier alpha value is -1.03. The third kappa shape index (κ3) is 4.02. The number of hydrogen-bond acceptors (Lipinski definition) is 4. The molecule has 18 heavy (non-hydrogen) atoms. The van der Waals surface area contributed by atoms with Gasteiger partial charge in [-0.05, 0) is 6.92 Å². The summed E-state index contributed by atoms with van der Waals surface area (Å²) in [6, 6.07) is -0.862. The van der Waals surface area contributed by atoms with Gasteiger partial charge in [0.1, 0.15) is 6.61 Å². The highest BCUT2D eigenvalue weighted by molar-refractivity contribution is 5.75. The summed E-state index contributed by atoms with van der Waals surface area (Å²) >= 11 is 0. The van der Waals surface area contributed by atoms with Crippen LogP contribution in [0, 0.1) is 0 Å². The number of halogens is 6. The molecule has 0 aromatic carbocycles. The van der Waals surface area contributed by atoms with Gasteiger partial charge in [0.25, 0.3) is 0 Å². The van der Waals surface area contributed by atoms with Crippen molar-refractivity contribution in [3.8, 4) is 0 Å². The van der Waals surface area contributed by atoms with Gasteiger partial charge in [-0.2, -0.15) is 26.3 Å². The maximum Gasteiger partial charge on any atom is 0.492 e. The van der Waals surface area contributed by atoms with E-state index in [1.165, 1.54) is 6.92 Å². The molecule has 10 heteroatoms. The number of carbonyl (C=O) groups excluding carboxylic acids is 1. The van der Waals surface area contributed by atoms with Crippen molar-refractivity contribution in [1.82, 2.24) is 5.06 Å². The fraction of sp³-hybridized carbons (Fsp3) is 0.875. The van der Waals surface area contributed by atoms with Crippen molar-refractivity contribution in [2.45, 2.75) is 31.4 Å². The van der Waals surface area contributed by atoms with Crippen molar-refractivity contribution in [3.63, 3.8) is 0 Å². The number of alkyl halides is 6. The molecule has 0 radical (unpaired) electrons. The normalized spacial score (nSPS) is 25.7. The van der Waals surface area contributed by atoms with Crippen molar-refractivity contribution in [2.75, 3.05) is 13.2 Å². The number of ether oxygens (including phenoxy) is 1. The molecule has 0 saturated carbocycles. The molecule has 1 aliphatic rings. The molecule has 2 atom stereocenters. The zero-order chi connectivity index (χ0) is 14.1. The lowest BCUT2D eigenvalue weighted by Gasteiger charge is -2.43. The largest absolute Gasteiger partial charge is 0.492 e. The van der Waals surface area contributed by atoms with Gasteiger partial charge in [-0.15, -0.1) is 5.06 Å². The van der Waals surface area contributed by atoms with Crippen LogP contribution in [0.2, 0.25) is 0 Å². The van der Waals surface area contributed by atoms with Crippen LogP contribution in [0.5, 0.6) is 0 Å². The Morgan fingerprint density at radius 1 is 1.28 bits per heavy atom. The maximum atomic E-state index is 11.8. The fourth-order valence-corrected chi connectivity index (χ4v) is 1.22. The maximum absolute atomic E-state index is 11.8. The van der Waals surface area contributed by atoms with Gasteiger partial charge in [0.15, 0.2) is 0 Å². The van der Waals surface area contributed by atoms with E-state index in [0.29, 0.717) is 5.06 Å². The molecule has 0 N–H and O–H groups in total. The minimum atomic E-state index is -5.14. The Morgan fingerprint density at radius 3 is 2.22 bits per heavy atom. The number of hydrogen-bond donors (Lipinski definition) is 0. The number of rotatable bonds is 3. The lowest BCUT2D eigenvalue weighted by Crippen LogP contribution is -2.61. The third-order valence-corrected chi connectivity index (χ3v) is 2.24. The summed E-state index contributed by atoms with van der Waals surface area (Å²) in [5.74, 6) is -2.41. The van der Waals surface area contributed by atoms with E-state index in [2.05, 4.69) is 9.57 Å². The van der Waals surface area contributed by atoms with E-state index in [0.717, 1.165) is 0 Å². The average molecular weight is 281 g/mol. The van der Waals surface area contributed by atoms with Crippen LogP contribution in [0.4, 0.5) is 26.3 Å². The van der Waals surface area contributed by atoms with Crippen LogP contribution < -0.4 is 0 Å². The van der Waals surface area contributed by atoms with E-state index in [4.69, 9.17) is 0 Å². The molecule has 4 nitrogen and oxygen atoms in total. The predicted molar refractivity (Wildman–Crippen MR) is 44.1 cm³/mol. The van der Waals surface area contributed by atoms with E-state index in [1.54, 1.807) is 0 Å². The minimum absolute atomic E-state index is 0.334. The molecule has 0 aliphatic carbocycles. The molecule has 0 unspecified atom stereocenters. The summed E-state index contributed by atoms with van der Waals surface area (Å²) in [5, 5.41) is 0.622. The molecule has 1 heterocycles. The molecule has 1 aliphatic heterocycles. The highest BCUT2D eigenvalue weighted by atomic mass is 19.4. The zero-order valence-electron chi connectivity index (χ0n) is 9.01. The standard InChI is InChI=1S/C8H9F6NO3/c1-4-5(17-3-7(9,10)11)2-15(4)18-6(16)8(12,13)14/h4-5H,2-3H2,1H3/t4-,5+/m0/s1. The Balaban J connectivity index is 2.33. The first kappa shape index (κ1) is 15.0. The van der Waals surface area contributed by atoms with Crippen LogP contribution >= 0.6 is 0 Å². The molecule has 0 aromatic heterocycles. The number of hydroxylamine groups is 2. The van der Waals surface area contributed by atoms with Crippen molar-refractivity contribution in [3.05, 3.63) is 0 Å². The molecule has 1 rings (SSSR count). The molecular formula is C8H9F6NO3. The summed E-state index contributed by atoms with van der Waals surface area (Å²) in [7, 11) is 0. The second kappa shape index (κ2) is 4.92. The number of carbonyl (C=O) groups is 1. The van der Waals surface area contributed by atoms with Gasteiger partial charge in [-0.1, -0.05) is 0 Å². The predicted octanol–water partition coefficient (Wildman–Crippen LogP) is 1.66.